The minimum atomic E-state index is -0.723. The standard InChI is InChI=1S/C16H22BrNO4/c1-3-22-14-7-11(6-13(17)15(14)19)8-18-9-12(16(20)21)5-4-10(18)2/h6-7,10,12,19H,3-5,8-9H2,1-2H3,(H,20,21). The molecule has 1 aromatic carbocycles. The molecule has 1 fully saturated rings. The minimum Gasteiger partial charge on any atom is -0.503 e. The van der Waals surface area contributed by atoms with Crippen molar-refractivity contribution in [2.45, 2.75) is 39.3 Å². The molecule has 1 saturated heterocycles. The predicted octanol–water partition coefficient (Wildman–Crippen LogP) is 3.24. The molecule has 0 spiro atoms. The Kier molecular flexibility index (Phi) is 5.69. The number of likely N-dealkylation sites (tertiary alicyclic amines) is 1. The minimum absolute atomic E-state index is 0.0979. The molecule has 2 unspecified atom stereocenters. The highest BCUT2D eigenvalue weighted by Gasteiger charge is 2.29. The van der Waals surface area contributed by atoms with Crippen molar-refractivity contribution in [1.29, 1.82) is 0 Å². The number of nitrogens with zero attached hydrogens (tertiary/aromatic N) is 1. The number of aromatic hydroxyl groups is 1. The summed E-state index contributed by atoms with van der Waals surface area (Å²) in [6.45, 7) is 5.66. The molecule has 0 aromatic heterocycles. The van der Waals surface area contributed by atoms with Gasteiger partial charge in [-0.05, 0) is 60.3 Å². The van der Waals surface area contributed by atoms with Crippen LogP contribution in [0.3, 0.4) is 0 Å². The molecule has 2 atom stereocenters. The summed E-state index contributed by atoms with van der Waals surface area (Å²) in [6, 6.07) is 4.02. The van der Waals surface area contributed by atoms with E-state index in [1.54, 1.807) is 0 Å². The van der Waals surface area contributed by atoms with E-state index in [-0.39, 0.29) is 11.7 Å². The summed E-state index contributed by atoms with van der Waals surface area (Å²) in [7, 11) is 0. The third-order valence-corrected chi connectivity index (χ3v) is 4.74. The molecule has 2 N–H and O–H groups in total. The van der Waals surface area contributed by atoms with Crippen LogP contribution >= 0.6 is 15.9 Å². The SMILES string of the molecule is CCOc1cc(CN2CC(C(=O)O)CCC2C)cc(Br)c1O. The van der Waals surface area contributed by atoms with E-state index in [9.17, 15) is 15.0 Å². The van der Waals surface area contributed by atoms with Crippen molar-refractivity contribution in [3.63, 3.8) is 0 Å². The monoisotopic (exact) mass is 371 g/mol. The normalized spacial score (nSPS) is 22.5. The molecule has 1 aliphatic rings. The van der Waals surface area contributed by atoms with Gasteiger partial charge in [0.15, 0.2) is 11.5 Å². The van der Waals surface area contributed by atoms with Crippen molar-refractivity contribution < 1.29 is 19.7 Å². The Hall–Kier alpha value is -1.27. The van der Waals surface area contributed by atoms with Gasteiger partial charge in [0.05, 0.1) is 17.0 Å². The van der Waals surface area contributed by atoms with E-state index in [1.807, 2.05) is 19.1 Å². The van der Waals surface area contributed by atoms with Crippen molar-refractivity contribution in [2.24, 2.45) is 5.92 Å². The second kappa shape index (κ2) is 7.33. The number of phenolic OH excluding ortho intramolecular Hbond substituents is 1. The number of carbonyl (C=O) groups is 1. The molecule has 1 heterocycles. The van der Waals surface area contributed by atoms with E-state index >= 15 is 0 Å². The van der Waals surface area contributed by atoms with Crippen LogP contribution in [-0.4, -0.2) is 40.3 Å². The average molecular weight is 372 g/mol. The Bertz CT molecular complexity index is 549. The lowest BCUT2D eigenvalue weighted by atomic mass is 9.93. The fraction of sp³-hybridized carbons (Fsp3) is 0.562. The maximum absolute atomic E-state index is 11.2. The molecule has 1 aromatic rings. The molecule has 0 aliphatic carbocycles. The van der Waals surface area contributed by atoms with Gasteiger partial charge in [0.25, 0.3) is 0 Å². The zero-order chi connectivity index (χ0) is 16.3. The van der Waals surface area contributed by atoms with Crippen LogP contribution in [0.25, 0.3) is 0 Å². The fourth-order valence-corrected chi connectivity index (χ4v) is 3.31. The Morgan fingerprint density at radius 2 is 2.18 bits per heavy atom. The maximum atomic E-state index is 11.2. The Balaban J connectivity index is 2.16. The Labute approximate surface area is 139 Å². The molecule has 0 bridgehead atoms. The highest BCUT2D eigenvalue weighted by Crippen LogP contribution is 2.36. The van der Waals surface area contributed by atoms with Crippen LogP contribution in [-0.2, 0) is 11.3 Å². The van der Waals surface area contributed by atoms with E-state index in [0.717, 1.165) is 18.4 Å². The quantitative estimate of drug-likeness (QED) is 0.831. The molecule has 5 nitrogen and oxygen atoms in total. The van der Waals surface area contributed by atoms with E-state index in [4.69, 9.17) is 4.74 Å². The molecule has 0 radical (unpaired) electrons. The van der Waals surface area contributed by atoms with Gasteiger partial charge in [-0.15, -0.1) is 0 Å². The van der Waals surface area contributed by atoms with Crippen LogP contribution in [0.1, 0.15) is 32.3 Å². The Morgan fingerprint density at radius 3 is 2.82 bits per heavy atom. The van der Waals surface area contributed by atoms with Gasteiger partial charge in [0, 0.05) is 19.1 Å². The van der Waals surface area contributed by atoms with Gasteiger partial charge in [-0.1, -0.05) is 0 Å². The zero-order valence-electron chi connectivity index (χ0n) is 12.9. The van der Waals surface area contributed by atoms with E-state index in [1.165, 1.54) is 0 Å². The summed E-state index contributed by atoms with van der Waals surface area (Å²) in [4.78, 5) is 13.4. The first-order valence-electron chi connectivity index (χ1n) is 7.53. The lowest BCUT2D eigenvalue weighted by Crippen LogP contribution is -2.43. The van der Waals surface area contributed by atoms with E-state index < -0.39 is 5.97 Å². The second-order valence-electron chi connectivity index (χ2n) is 5.75. The molecule has 6 heteroatoms. The summed E-state index contributed by atoms with van der Waals surface area (Å²) in [6.07, 6.45) is 1.62. The number of aliphatic carboxylic acids is 1. The maximum Gasteiger partial charge on any atom is 0.307 e. The third-order valence-electron chi connectivity index (χ3n) is 4.13. The number of phenols is 1. The number of carboxylic acid groups (broad SMARTS) is 1. The molecular weight excluding hydrogens is 350 g/mol. The molecule has 1 aliphatic heterocycles. The van der Waals surface area contributed by atoms with Gasteiger partial charge in [-0.2, -0.15) is 0 Å². The number of rotatable bonds is 5. The van der Waals surface area contributed by atoms with Crippen molar-refractivity contribution >= 4 is 21.9 Å². The summed E-state index contributed by atoms with van der Waals surface area (Å²) >= 11 is 3.34. The highest BCUT2D eigenvalue weighted by atomic mass is 79.9. The number of piperidine rings is 1. The molecule has 0 saturated carbocycles. The summed E-state index contributed by atoms with van der Waals surface area (Å²) in [5.74, 6) is -0.478. The van der Waals surface area contributed by atoms with Crippen molar-refractivity contribution in [3.8, 4) is 11.5 Å². The first kappa shape index (κ1) is 17.1. The molecule has 2 rings (SSSR count). The predicted molar refractivity (Wildman–Crippen MR) is 87.2 cm³/mol. The first-order chi connectivity index (χ1) is 10.4. The summed E-state index contributed by atoms with van der Waals surface area (Å²) in [5, 5.41) is 19.2. The molecule has 0 amide bonds. The highest BCUT2D eigenvalue weighted by molar-refractivity contribution is 9.10. The van der Waals surface area contributed by atoms with Crippen LogP contribution < -0.4 is 4.74 Å². The van der Waals surface area contributed by atoms with Crippen LogP contribution in [0.2, 0.25) is 0 Å². The largest absolute Gasteiger partial charge is 0.503 e. The van der Waals surface area contributed by atoms with Gasteiger partial charge >= 0.3 is 5.97 Å². The molecular formula is C16H22BrNO4. The topological polar surface area (TPSA) is 70.0 Å². The van der Waals surface area contributed by atoms with Crippen LogP contribution in [0.5, 0.6) is 11.5 Å². The van der Waals surface area contributed by atoms with Crippen LogP contribution in [0.4, 0.5) is 0 Å². The van der Waals surface area contributed by atoms with E-state index in [2.05, 4.69) is 27.8 Å². The van der Waals surface area contributed by atoms with Gasteiger partial charge in [0.1, 0.15) is 0 Å². The number of halogens is 1. The second-order valence-corrected chi connectivity index (χ2v) is 6.60. The Morgan fingerprint density at radius 1 is 1.45 bits per heavy atom. The van der Waals surface area contributed by atoms with Crippen molar-refractivity contribution in [2.75, 3.05) is 13.2 Å². The van der Waals surface area contributed by atoms with E-state index in [0.29, 0.717) is 36.0 Å². The average Bonchev–Trinajstić information content (AvgIpc) is 2.46. The number of hydrogen-bond acceptors (Lipinski definition) is 4. The van der Waals surface area contributed by atoms with Gasteiger partial charge in [0.2, 0.25) is 0 Å². The van der Waals surface area contributed by atoms with Crippen molar-refractivity contribution in [3.05, 3.63) is 22.2 Å². The summed E-state index contributed by atoms with van der Waals surface area (Å²) < 4.78 is 6.03. The number of hydrogen-bond donors (Lipinski definition) is 2. The van der Waals surface area contributed by atoms with Crippen molar-refractivity contribution in [1.82, 2.24) is 4.90 Å². The molecule has 122 valence electrons. The lowest BCUT2D eigenvalue weighted by molar-refractivity contribution is -0.144. The number of benzene rings is 1. The van der Waals surface area contributed by atoms with Gasteiger partial charge < -0.3 is 14.9 Å². The van der Waals surface area contributed by atoms with Crippen LogP contribution in [0, 0.1) is 5.92 Å². The van der Waals surface area contributed by atoms with Gasteiger partial charge in [-0.25, -0.2) is 0 Å². The smallest absolute Gasteiger partial charge is 0.307 e. The first-order valence-corrected chi connectivity index (χ1v) is 8.32. The lowest BCUT2D eigenvalue weighted by Gasteiger charge is -2.36. The zero-order valence-corrected chi connectivity index (χ0v) is 14.5. The summed E-state index contributed by atoms with van der Waals surface area (Å²) in [5.41, 5.74) is 0.992. The fourth-order valence-electron chi connectivity index (χ4n) is 2.82. The molecule has 22 heavy (non-hydrogen) atoms. The third kappa shape index (κ3) is 3.93. The number of carboxylic acids is 1. The van der Waals surface area contributed by atoms with Gasteiger partial charge in [-0.3, -0.25) is 9.69 Å². The number of ether oxygens (including phenoxy) is 1. The van der Waals surface area contributed by atoms with Crippen LogP contribution in [0.15, 0.2) is 16.6 Å².